The first-order valence-electron chi connectivity index (χ1n) is 2.69. The Morgan fingerprint density at radius 3 is 2.00 bits per heavy atom. The van der Waals surface area contributed by atoms with Crippen LogP contribution >= 0.6 is 0 Å². The molecule has 0 saturated carbocycles. The zero-order chi connectivity index (χ0) is 6.91. The van der Waals surface area contributed by atoms with Crippen LogP contribution in [0.1, 0.15) is 12.8 Å². The zero-order valence-electron chi connectivity index (χ0n) is 4.75. The molecule has 0 amide bonds. The van der Waals surface area contributed by atoms with Gasteiger partial charge in [0, 0.05) is 0 Å². The van der Waals surface area contributed by atoms with E-state index in [0.717, 1.165) is 0 Å². The maximum absolute atomic E-state index is 12.0. The second-order valence-electron chi connectivity index (χ2n) is 2.04. The lowest BCUT2D eigenvalue weighted by Crippen LogP contribution is -2.11. The molecular formula is C5H7FO2S. The number of halogens is 1. The summed E-state index contributed by atoms with van der Waals surface area (Å²) in [5.74, 6) is 0. The molecule has 1 aliphatic carbocycles. The molecule has 2 nitrogen and oxygen atoms in total. The molecule has 0 atom stereocenters. The molecule has 0 fully saturated rings. The average Bonchev–Trinajstić information content (AvgIpc) is 2.08. The van der Waals surface area contributed by atoms with E-state index < -0.39 is 15.5 Å². The van der Waals surface area contributed by atoms with E-state index in [2.05, 4.69) is 0 Å². The van der Waals surface area contributed by atoms with E-state index in [1.54, 1.807) is 12.2 Å². The number of allylic oxidation sites excluding steroid dienone is 2. The first kappa shape index (κ1) is 6.74. The van der Waals surface area contributed by atoms with Gasteiger partial charge in [-0.25, -0.2) is 0 Å². The van der Waals surface area contributed by atoms with Crippen molar-refractivity contribution in [3.8, 4) is 0 Å². The molecule has 0 aliphatic heterocycles. The Morgan fingerprint density at radius 2 is 1.78 bits per heavy atom. The normalized spacial score (nSPS) is 21.0. The molecule has 0 saturated heterocycles. The van der Waals surface area contributed by atoms with Crippen molar-refractivity contribution in [2.75, 3.05) is 0 Å². The zero-order valence-corrected chi connectivity index (χ0v) is 5.57. The van der Waals surface area contributed by atoms with Gasteiger partial charge in [-0.3, -0.25) is 0 Å². The highest BCUT2D eigenvalue weighted by molar-refractivity contribution is 7.87. The molecule has 0 aromatic heterocycles. The largest absolute Gasteiger partial charge is 0.305 e. The predicted octanol–water partition coefficient (Wildman–Crippen LogP) is 1.00. The Morgan fingerprint density at radius 1 is 1.33 bits per heavy atom. The van der Waals surface area contributed by atoms with Gasteiger partial charge in [0.05, 0.1) is 5.25 Å². The molecule has 0 bridgehead atoms. The highest BCUT2D eigenvalue weighted by Gasteiger charge is 2.24. The topological polar surface area (TPSA) is 34.1 Å². The smallest absolute Gasteiger partial charge is 0.195 e. The molecule has 52 valence electrons. The minimum Gasteiger partial charge on any atom is -0.195 e. The Bertz CT molecular complexity index is 209. The van der Waals surface area contributed by atoms with Crippen LogP contribution in [0.25, 0.3) is 0 Å². The summed E-state index contributed by atoms with van der Waals surface area (Å²) in [5, 5.41) is -0.794. The van der Waals surface area contributed by atoms with Crippen LogP contribution in [-0.4, -0.2) is 13.7 Å². The highest BCUT2D eigenvalue weighted by atomic mass is 32.3. The molecule has 4 heteroatoms. The van der Waals surface area contributed by atoms with Crippen molar-refractivity contribution in [1.29, 1.82) is 0 Å². The first-order valence-corrected chi connectivity index (χ1v) is 4.14. The summed E-state index contributed by atoms with van der Waals surface area (Å²) in [6.45, 7) is 0. The van der Waals surface area contributed by atoms with Gasteiger partial charge in [-0.1, -0.05) is 12.2 Å². The van der Waals surface area contributed by atoms with Gasteiger partial charge in [-0.15, -0.1) is 3.89 Å². The van der Waals surface area contributed by atoms with E-state index in [1.807, 2.05) is 0 Å². The second-order valence-corrected chi connectivity index (χ2v) is 3.66. The molecule has 0 unspecified atom stereocenters. The molecule has 1 rings (SSSR count). The van der Waals surface area contributed by atoms with Crippen LogP contribution in [0.4, 0.5) is 3.89 Å². The van der Waals surface area contributed by atoms with Gasteiger partial charge in [0.2, 0.25) is 0 Å². The lowest BCUT2D eigenvalue weighted by atomic mass is 10.4. The minimum atomic E-state index is -4.27. The Kier molecular flexibility index (Phi) is 1.57. The van der Waals surface area contributed by atoms with Crippen molar-refractivity contribution in [2.45, 2.75) is 18.1 Å². The standard InChI is InChI=1S/C5H7FO2S/c6-9(7,8)5-3-1-2-4-5/h1-2,5H,3-4H2. The fourth-order valence-electron chi connectivity index (χ4n) is 0.822. The van der Waals surface area contributed by atoms with E-state index in [4.69, 9.17) is 0 Å². The van der Waals surface area contributed by atoms with Crippen LogP contribution in [0.15, 0.2) is 12.2 Å². The summed E-state index contributed by atoms with van der Waals surface area (Å²) in [5.41, 5.74) is 0. The van der Waals surface area contributed by atoms with Crippen LogP contribution in [0, 0.1) is 0 Å². The third-order valence-corrected chi connectivity index (χ3v) is 2.54. The van der Waals surface area contributed by atoms with Crippen LogP contribution in [-0.2, 0) is 10.2 Å². The molecule has 0 N–H and O–H groups in total. The van der Waals surface area contributed by atoms with Gasteiger partial charge in [0.25, 0.3) is 0 Å². The van der Waals surface area contributed by atoms with Gasteiger partial charge < -0.3 is 0 Å². The summed E-state index contributed by atoms with van der Waals surface area (Å²) in [4.78, 5) is 0. The van der Waals surface area contributed by atoms with E-state index >= 15 is 0 Å². The van der Waals surface area contributed by atoms with Crippen LogP contribution in [0.3, 0.4) is 0 Å². The van der Waals surface area contributed by atoms with Crippen molar-refractivity contribution in [2.24, 2.45) is 0 Å². The summed E-state index contributed by atoms with van der Waals surface area (Å²) in [6.07, 6.45) is 4.03. The maximum atomic E-state index is 12.0. The lowest BCUT2D eigenvalue weighted by molar-refractivity contribution is 0.536. The molecule has 0 aromatic carbocycles. The molecule has 0 spiro atoms. The van der Waals surface area contributed by atoms with Crippen molar-refractivity contribution in [3.05, 3.63) is 12.2 Å². The van der Waals surface area contributed by atoms with Gasteiger partial charge in [0.15, 0.2) is 0 Å². The monoisotopic (exact) mass is 150 g/mol. The molecule has 9 heavy (non-hydrogen) atoms. The minimum absolute atomic E-state index is 0.332. The summed E-state index contributed by atoms with van der Waals surface area (Å²) >= 11 is 0. The fraction of sp³-hybridized carbons (Fsp3) is 0.600. The summed E-state index contributed by atoms with van der Waals surface area (Å²) in [6, 6.07) is 0. The first-order chi connectivity index (χ1) is 4.11. The average molecular weight is 150 g/mol. The maximum Gasteiger partial charge on any atom is 0.305 e. The quantitative estimate of drug-likeness (QED) is 0.413. The third-order valence-electron chi connectivity index (χ3n) is 1.36. The van der Waals surface area contributed by atoms with Gasteiger partial charge in [-0.2, -0.15) is 8.42 Å². The van der Waals surface area contributed by atoms with Gasteiger partial charge >= 0.3 is 10.2 Å². The number of hydrogen-bond donors (Lipinski definition) is 0. The SMILES string of the molecule is O=S(=O)(F)C1CC=CC1. The molecule has 0 radical (unpaired) electrons. The van der Waals surface area contributed by atoms with E-state index in [-0.39, 0.29) is 0 Å². The molecule has 0 heterocycles. The van der Waals surface area contributed by atoms with E-state index in [0.29, 0.717) is 12.8 Å². The van der Waals surface area contributed by atoms with Crippen molar-refractivity contribution < 1.29 is 12.3 Å². The van der Waals surface area contributed by atoms with E-state index in [9.17, 15) is 12.3 Å². The fourth-order valence-corrected chi connectivity index (χ4v) is 1.50. The van der Waals surface area contributed by atoms with Crippen molar-refractivity contribution >= 4 is 10.2 Å². The van der Waals surface area contributed by atoms with Gasteiger partial charge in [-0.05, 0) is 12.8 Å². The number of rotatable bonds is 1. The number of hydrogen-bond acceptors (Lipinski definition) is 2. The van der Waals surface area contributed by atoms with Crippen molar-refractivity contribution in [1.82, 2.24) is 0 Å². The Hall–Kier alpha value is -0.380. The second kappa shape index (κ2) is 2.10. The summed E-state index contributed by atoms with van der Waals surface area (Å²) in [7, 11) is -4.27. The lowest BCUT2D eigenvalue weighted by Gasteiger charge is -1.99. The molecule has 0 aromatic rings. The highest BCUT2D eigenvalue weighted by Crippen LogP contribution is 2.19. The van der Waals surface area contributed by atoms with Crippen LogP contribution in [0.5, 0.6) is 0 Å². The van der Waals surface area contributed by atoms with Crippen LogP contribution in [0.2, 0.25) is 0 Å². The molecule has 1 aliphatic rings. The Labute approximate surface area is 53.6 Å². The summed E-state index contributed by atoms with van der Waals surface area (Å²) < 4.78 is 32.3. The van der Waals surface area contributed by atoms with E-state index in [1.165, 1.54) is 0 Å². The van der Waals surface area contributed by atoms with Crippen LogP contribution < -0.4 is 0 Å². The van der Waals surface area contributed by atoms with Crippen molar-refractivity contribution in [3.63, 3.8) is 0 Å². The predicted molar refractivity (Wildman–Crippen MR) is 32.2 cm³/mol. The Balaban J connectivity index is 2.68. The third kappa shape index (κ3) is 1.51. The van der Waals surface area contributed by atoms with Gasteiger partial charge in [0.1, 0.15) is 0 Å². The molecular weight excluding hydrogens is 143 g/mol.